The summed E-state index contributed by atoms with van der Waals surface area (Å²) in [6.07, 6.45) is -0.843. The van der Waals surface area contributed by atoms with Gasteiger partial charge < -0.3 is 15.3 Å². The zero-order chi connectivity index (χ0) is 11.4. The van der Waals surface area contributed by atoms with Crippen molar-refractivity contribution in [2.24, 2.45) is 0 Å². The highest BCUT2D eigenvalue weighted by atomic mass is 32.1. The van der Waals surface area contributed by atoms with Gasteiger partial charge in [0.1, 0.15) is 11.8 Å². The molecule has 84 valence electrons. The fourth-order valence-corrected chi connectivity index (χ4v) is 1.45. The van der Waals surface area contributed by atoms with Crippen molar-refractivity contribution in [2.45, 2.75) is 18.6 Å². The van der Waals surface area contributed by atoms with Crippen molar-refractivity contribution in [3.63, 3.8) is 0 Å². The van der Waals surface area contributed by atoms with Crippen LogP contribution in [0.2, 0.25) is 0 Å². The summed E-state index contributed by atoms with van der Waals surface area (Å²) in [5, 5.41) is 33.6. The summed E-state index contributed by atoms with van der Waals surface area (Å²) < 4.78 is 0. The van der Waals surface area contributed by atoms with E-state index in [0.29, 0.717) is 5.75 Å². The van der Waals surface area contributed by atoms with E-state index in [-0.39, 0.29) is 17.7 Å². The standard InChI is InChI=1S/C8H12N2O4S/c11-5(1-2-15)7(12)4-3-9-10-6(4)8(13)14/h3,5,7,11-12,15H,1-2H2,(H,9,10)(H,13,14). The number of nitrogens with zero attached hydrogens (tertiary/aromatic N) is 1. The molecule has 6 nitrogen and oxygen atoms in total. The molecular formula is C8H12N2O4S. The largest absolute Gasteiger partial charge is 0.477 e. The van der Waals surface area contributed by atoms with Crippen molar-refractivity contribution in [1.82, 2.24) is 10.2 Å². The summed E-state index contributed by atoms with van der Waals surface area (Å²) in [7, 11) is 0. The van der Waals surface area contributed by atoms with Crippen molar-refractivity contribution >= 4 is 18.6 Å². The molecule has 1 aromatic heterocycles. The summed E-state index contributed by atoms with van der Waals surface area (Å²) in [4.78, 5) is 10.7. The number of H-pyrrole nitrogens is 1. The van der Waals surface area contributed by atoms with Crippen molar-refractivity contribution in [2.75, 3.05) is 5.75 Å². The highest BCUT2D eigenvalue weighted by Crippen LogP contribution is 2.21. The SMILES string of the molecule is O=C(O)c1[nH]ncc1C(O)C(O)CCS. The lowest BCUT2D eigenvalue weighted by Crippen LogP contribution is -2.20. The smallest absolute Gasteiger partial charge is 0.354 e. The van der Waals surface area contributed by atoms with Crippen LogP contribution in [0.5, 0.6) is 0 Å². The number of carbonyl (C=O) groups is 1. The second kappa shape index (κ2) is 5.15. The van der Waals surface area contributed by atoms with Gasteiger partial charge in [0, 0.05) is 5.56 Å². The lowest BCUT2D eigenvalue weighted by atomic mass is 10.0. The number of thiol groups is 1. The van der Waals surface area contributed by atoms with Crippen LogP contribution in [0.3, 0.4) is 0 Å². The molecule has 0 aromatic carbocycles. The Hall–Kier alpha value is -1.05. The van der Waals surface area contributed by atoms with Gasteiger partial charge >= 0.3 is 5.97 Å². The molecule has 0 fully saturated rings. The van der Waals surface area contributed by atoms with Gasteiger partial charge in [-0.25, -0.2) is 4.79 Å². The molecule has 1 rings (SSSR count). The third-order valence-corrected chi connectivity index (χ3v) is 2.25. The van der Waals surface area contributed by atoms with Crippen LogP contribution in [0.15, 0.2) is 6.20 Å². The van der Waals surface area contributed by atoms with Gasteiger partial charge in [-0.15, -0.1) is 0 Å². The Morgan fingerprint density at radius 1 is 1.60 bits per heavy atom. The zero-order valence-electron chi connectivity index (χ0n) is 7.79. The van der Waals surface area contributed by atoms with E-state index in [0.717, 1.165) is 0 Å². The van der Waals surface area contributed by atoms with Gasteiger partial charge in [0.05, 0.1) is 12.3 Å². The molecule has 1 heterocycles. The third-order valence-electron chi connectivity index (χ3n) is 1.99. The minimum Gasteiger partial charge on any atom is -0.477 e. The Balaban J connectivity index is 2.85. The van der Waals surface area contributed by atoms with Gasteiger partial charge in [-0.05, 0) is 12.2 Å². The quantitative estimate of drug-likeness (QED) is 0.453. The Kier molecular flexibility index (Phi) is 4.13. The first-order valence-electron chi connectivity index (χ1n) is 4.31. The predicted octanol–water partition coefficient (Wildman–Crippen LogP) is -0.178. The van der Waals surface area contributed by atoms with Crippen molar-refractivity contribution < 1.29 is 20.1 Å². The minimum absolute atomic E-state index is 0.0804. The highest BCUT2D eigenvalue weighted by Gasteiger charge is 2.24. The van der Waals surface area contributed by atoms with E-state index in [4.69, 9.17) is 5.11 Å². The molecule has 0 radical (unpaired) electrons. The molecule has 15 heavy (non-hydrogen) atoms. The van der Waals surface area contributed by atoms with Crippen LogP contribution in [0.4, 0.5) is 0 Å². The number of aromatic carboxylic acids is 1. The van der Waals surface area contributed by atoms with Crippen LogP contribution in [-0.4, -0.2) is 43.3 Å². The van der Waals surface area contributed by atoms with E-state index in [1.54, 1.807) is 0 Å². The number of hydrogen-bond donors (Lipinski definition) is 5. The molecule has 2 atom stereocenters. The van der Waals surface area contributed by atoms with Crippen LogP contribution in [0, 0.1) is 0 Å². The lowest BCUT2D eigenvalue weighted by molar-refractivity contribution is 0.0162. The van der Waals surface area contributed by atoms with Gasteiger partial charge in [0.25, 0.3) is 0 Å². The van der Waals surface area contributed by atoms with Crippen molar-refractivity contribution in [1.29, 1.82) is 0 Å². The summed E-state index contributed by atoms with van der Waals surface area (Å²) in [5.41, 5.74) is -0.127. The van der Waals surface area contributed by atoms with Gasteiger partial charge in [-0.3, -0.25) is 5.10 Å². The molecule has 0 saturated heterocycles. The Labute approximate surface area is 91.4 Å². The zero-order valence-corrected chi connectivity index (χ0v) is 8.69. The van der Waals surface area contributed by atoms with Gasteiger partial charge in [-0.1, -0.05) is 0 Å². The van der Waals surface area contributed by atoms with E-state index >= 15 is 0 Å². The Morgan fingerprint density at radius 2 is 2.27 bits per heavy atom. The number of carboxylic acid groups (broad SMARTS) is 1. The fourth-order valence-electron chi connectivity index (χ4n) is 1.19. The summed E-state index contributed by atoms with van der Waals surface area (Å²) in [6.45, 7) is 0. The molecule has 0 amide bonds. The molecule has 0 spiro atoms. The van der Waals surface area contributed by atoms with E-state index in [1.807, 2.05) is 0 Å². The van der Waals surface area contributed by atoms with Crippen LogP contribution >= 0.6 is 12.6 Å². The van der Waals surface area contributed by atoms with E-state index in [9.17, 15) is 15.0 Å². The maximum Gasteiger partial charge on any atom is 0.354 e. The number of carboxylic acids is 1. The second-order valence-electron chi connectivity index (χ2n) is 3.03. The first-order valence-corrected chi connectivity index (χ1v) is 4.94. The first kappa shape index (κ1) is 12.0. The average Bonchev–Trinajstić information content (AvgIpc) is 2.65. The molecule has 0 bridgehead atoms. The van der Waals surface area contributed by atoms with Gasteiger partial charge in [-0.2, -0.15) is 17.7 Å². The molecule has 0 aliphatic heterocycles. The summed E-state index contributed by atoms with van der Waals surface area (Å²) >= 11 is 3.91. The van der Waals surface area contributed by atoms with Crippen LogP contribution < -0.4 is 0 Å². The van der Waals surface area contributed by atoms with Crippen molar-refractivity contribution in [3.05, 3.63) is 17.5 Å². The van der Waals surface area contributed by atoms with E-state index in [1.165, 1.54) is 6.20 Å². The molecule has 0 aliphatic carbocycles. The van der Waals surface area contributed by atoms with E-state index < -0.39 is 18.2 Å². The van der Waals surface area contributed by atoms with Crippen LogP contribution in [0.1, 0.15) is 28.6 Å². The molecule has 0 saturated carbocycles. The molecule has 2 unspecified atom stereocenters. The van der Waals surface area contributed by atoms with E-state index in [2.05, 4.69) is 22.8 Å². The van der Waals surface area contributed by atoms with Gasteiger partial charge in [0.15, 0.2) is 0 Å². The maximum atomic E-state index is 10.7. The Morgan fingerprint density at radius 3 is 2.80 bits per heavy atom. The maximum absolute atomic E-state index is 10.7. The number of aliphatic hydroxyl groups is 2. The molecule has 7 heteroatoms. The molecule has 0 aliphatic rings. The second-order valence-corrected chi connectivity index (χ2v) is 3.48. The fraction of sp³-hybridized carbons (Fsp3) is 0.500. The first-order chi connectivity index (χ1) is 7.07. The normalized spacial score (nSPS) is 14.9. The number of nitrogens with one attached hydrogen (secondary N) is 1. The Bertz CT molecular complexity index is 341. The number of aromatic amines is 1. The number of hydrogen-bond acceptors (Lipinski definition) is 5. The third kappa shape index (κ3) is 2.71. The molecule has 4 N–H and O–H groups in total. The molecule has 1 aromatic rings. The van der Waals surface area contributed by atoms with Crippen LogP contribution in [-0.2, 0) is 0 Å². The summed E-state index contributed by atoms with van der Waals surface area (Å²) in [6, 6.07) is 0. The lowest BCUT2D eigenvalue weighted by Gasteiger charge is -2.15. The average molecular weight is 232 g/mol. The summed E-state index contributed by atoms with van der Waals surface area (Å²) in [5.74, 6) is -0.821. The van der Waals surface area contributed by atoms with Crippen LogP contribution in [0.25, 0.3) is 0 Å². The molecular weight excluding hydrogens is 220 g/mol. The minimum atomic E-state index is -1.26. The number of aliphatic hydroxyl groups excluding tert-OH is 2. The van der Waals surface area contributed by atoms with Gasteiger partial charge in [0.2, 0.25) is 0 Å². The van der Waals surface area contributed by atoms with Crippen molar-refractivity contribution in [3.8, 4) is 0 Å². The highest BCUT2D eigenvalue weighted by molar-refractivity contribution is 7.80. The number of aromatic nitrogens is 2. The topological polar surface area (TPSA) is 106 Å². The predicted molar refractivity (Wildman–Crippen MR) is 55.0 cm³/mol. The monoisotopic (exact) mass is 232 g/mol. The number of rotatable bonds is 5.